The van der Waals surface area contributed by atoms with E-state index in [9.17, 15) is 15.0 Å². The third-order valence-electron chi connectivity index (χ3n) is 3.35. The van der Waals surface area contributed by atoms with E-state index in [0.717, 1.165) is 0 Å². The van der Waals surface area contributed by atoms with Crippen molar-refractivity contribution in [2.45, 2.75) is 0 Å². The van der Waals surface area contributed by atoms with Crippen LogP contribution in [0.4, 0.5) is 5.69 Å². The minimum absolute atomic E-state index is 0.0643. The number of nitrogens with one attached hydrogen (secondary N) is 2. The summed E-state index contributed by atoms with van der Waals surface area (Å²) in [5, 5.41) is 37.2. The molecule has 24 heavy (non-hydrogen) atoms. The fourth-order valence-electron chi connectivity index (χ4n) is 2.14. The SMILES string of the molecule is N#Cc1ccc(NC(=O)c2cc(-c3ccc(O)cc3O)n[nH]2)cc1. The molecule has 1 amide bonds. The summed E-state index contributed by atoms with van der Waals surface area (Å²) in [7, 11) is 0. The van der Waals surface area contributed by atoms with E-state index in [1.54, 1.807) is 24.3 Å². The van der Waals surface area contributed by atoms with Gasteiger partial charge in [-0.1, -0.05) is 0 Å². The molecule has 0 saturated carbocycles. The lowest BCUT2D eigenvalue weighted by Crippen LogP contribution is -2.12. The number of aromatic amines is 1. The molecule has 3 aromatic rings. The summed E-state index contributed by atoms with van der Waals surface area (Å²) in [6.07, 6.45) is 0. The van der Waals surface area contributed by atoms with E-state index in [0.29, 0.717) is 22.5 Å². The monoisotopic (exact) mass is 320 g/mol. The summed E-state index contributed by atoms with van der Waals surface area (Å²) in [6, 6.07) is 14.1. The Kier molecular flexibility index (Phi) is 3.87. The van der Waals surface area contributed by atoms with Gasteiger partial charge in [-0.2, -0.15) is 10.4 Å². The largest absolute Gasteiger partial charge is 0.508 e. The summed E-state index contributed by atoms with van der Waals surface area (Å²) in [5.74, 6) is -0.608. The first kappa shape index (κ1) is 15.1. The standard InChI is InChI=1S/C17H12N4O3/c18-9-10-1-3-11(4-2-10)19-17(24)15-8-14(20-21-15)13-6-5-12(22)7-16(13)23/h1-8,22-23H,(H,19,24)(H,20,21). The van der Waals surface area contributed by atoms with E-state index in [1.807, 2.05) is 6.07 Å². The Balaban J connectivity index is 1.79. The van der Waals surface area contributed by atoms with Gasteiger partial charge in [0.1, 0.15) is 17.2 Å². The van der Waals surface area contributed by atoms with Crippen LogP contribution in [-0.2, 0) is 0 Å². The third-order valence-corrected chi connectivity index (χ3v) is 3.35. The van der Waals surface area contributed by atoms with Crippen LogP contribution >= 0.6 is 0 Å². The van der Waals surface area contributed by atoms with Gasteiger partial charge in [0, 0.05) is 17.3 Å². The molecule has 1 aromatic heterocycles. The van der Waals surface area contributed by atoms with Gasteiger partial charge in [-0.15, -0.1) is 0 Å². The first-order valence-electron chi connectivity index (χ1n) is 6.96. The highest BCUT2D eigenvalue weighted by molar-refractivity contribution is 6.03. The molecule has 0 bridgehead atoms. The predicted molar refractivity (Wildman–Crippen MR) is 86.5 cm³/mol. The smallest absolute Gasteiger partial charge is 0.273 e. The maximum absolute atomic E-state index is 12.2. The number of phenols is 2. The lowest BCUT2D eigenvalue weighted by molar-refractivity contribution is 0.102. The first-order chi connectivity index (χ1) is 11.6. The molecule has 3 rings (SSSR count). The second kappa shape index (κ2) is 6.14. The topological polar surface area (TPSA) is 122 Å². The Morgan fingerprint density at radius 3 is 2.54 bits per heavy atom. The van der Waals surface area contributed by atoms with E-state index in [2.05, 4.69) is 15.5 Å². The lowest BCUT2D eigenvalue weighted by Gasteiger charge is -2.03. The maximum atomic E-state index is 12.2. The Bertz CT molecular complexity index is 939. The number of nitrogens with zero attached hydrogens (tertiary/aromatic N) is 2. The summed E-state index contributed by atoms with van der Waals surface area (Å²) in [6.45, 7) is 0. The fourth-order valence-corrected chi connectivity index (χ4v) is 2.14. The second-order valence-corrected chi connectivity index (χ2v) is 5.01. The molecule has 118 valence electrons. The summed E-state index contributed by atoms with van der Waals surface area (Å²) in [5.41, 5.74) is 2.02. The van der Waals surface area contributed by atoms with Crippen LogP contribution in [0.1, 0.15) is 16.1 Å². The molecule has 0 unspecified atom stereocenters. The lowest BCUT2D eigenvalue weighted by atomic mass is 10.1. The van der Waals surface area contributed by atoms with Gasteiger partial charge in [0.25, 0.3) is 5.91 Å². The van der Waals surface area contributed by atoms with Crippen molar-refractivity contribution in [3.05, 3.63) is 59.8 Å². The van der Waals surface area contributed by atoms with Crippen LogP contribution in [-0.4, -0.2) is 26.3 Å². The third kappa shape index (κ3) is 3.03. The average molecular weight is 320 g/mol. The summed E-state index contributed by atoms with van der Waals surface area (Å²) >= 11 is 0. The molecule has 0 radical (unpaired) electrons. The minimum atomic E-state index is -0.406. The van der Waals surface area contributed by atoms with Gasteiger partial charge in [-0.05, 0) is 42.5 Å². The number of amides is 1. The molecule has 0 saturated heterocycles. The van der Waals surface area contributed by atoms with Gasteiger partial charge < -0.3 is 15.5 Å². The van der Waals surface area contributed by atoms with Crippen molar-refractivity contribution in [2.75, 3.05) is 5.32 Å². The number of H-pyrrole nitrogens is 1. The number of aromatic nitrogens is 2. The Morgan fingerprint density at radius 1 is 1.12 bits per heavy atom. The zero-order chi connectivity index (χ0) is 17.1. The van der Waals surface area contributed by atoms with Gasteiger partial charge >= 0.3 is 0 Å². The van der Waals surface area contributed by atoms with Crippen LogP contribution in [0.5, 0.6) is 11.5 Å². The van der Waals surface area contributed by atoms with Crippen molar-refractivity contribution in [2.24, 2.45) is 0 Å². The zero-order valence-electron chi connectivity index (χ0n) is 12.3. The highest BCUT2D eigenvalue weighted by Crippen LogP contribution is 2.31. The van der Waals surface area contributed by atoms with Crippen molar-refractivity contribution < 1.29 is 15.0 Å². The van der Waals surface area contributed by atoms with E-state index in [4.69, 9.17) is 5.26 Å². The van der Waals surface area contributed by atoms with Gasteiger partial charge in [0.05, 0.1) is 17.3 Å². The Labute approximate surface area is 136 Å². The predicted octanol–water partition coefficient (Wildman–Crippen LogP) is 2.61. The highest BCUT2D eigenvalue weighted by Gasteiger charge is 2.14. The normalized spacial score (nSPS) is 10.1. The van der Waals surface area contributed by atoms with Crippen molar-refractivity contribution in [1.82, 2.24) is 10.2 Å². The van der Waals surface area contributed by atoms with Crippen LogP contribution in [0.15, 0.2) is 48.5 Å². The molecule has 0 fully saturated rings. The fraction of sp³-hybridized carbons (Fsp3) is 0. The molecule has 7 nitrogen and oxygen atoms in total. The molecule has 0 aliphatic carbocycles. The average Bonchev–Trinajstić information content (AvgIpc) is 3.05. The number of nitriles is 1. The van der Waals surface area contributed by atoms with E-state index in [-0.39, 0.29) is 17.2 Å². The van der Waals surface area contributed by atoms with Gasteiger partial charge in [0.15, 0.2) is 0 Å². The highest BCUT2D eigenvalue weighted by atomic mass is 16.3. The maximum Gasteiger partial charge on any atom is 0.273 e. The molecule has 0 atom stereocenters. The van der Waals surface area contributed by atoms with Crippen molar-refractivity contribution in [1.29, 1.82) is 5.26 Å². The number of aromatic hydroxyl groups is 2. The van der Waals surface area contributed by atoms with Crippen LogP contribution < -0.4 is 5.32 Å². The molecule has 2 aromatic carbocycles. The van der Waals surface area contributed by atoms with Gasteiger partial charge in [0.2, 0.25) is 0 Å². The number of hydrogen-bond acceptors (Lipinski definition) is 5. The van der Waals surface area contributed by atoms with Crippen molar-refractivity contribution in [3.63, 3.8) is 0 Å². The molecule has 0 aliphatic heterocycles. The van der Waals surface area contributed by atoms with E-state index < -0.39 is 5.91 Å². The first-order valence-corrected chi connectivity index (χ1v) is 6.96. The number of phenolic OH excluding ortho intramolecular Hbond substituents is 2. The minimum Gasteiger partial charge on any atom is -0.508 e. The van der Waals surface area contributed by atoms with Crippen molar-refractivity contribution >= 4 is 11.6 Å². The Hall–Kier alpha value is -3.79. The summed E-state index contributed by atoms with van der Waals surface area (Å²) in [4.78, 5) is 12.2. The number of benzene rings is 2. The van der Waals surface area contributed by atoms with Crippen LogP contribution in [0.25, 0.3) is 11.3 Å². The molecule has 0 spiro atoms. The molecule has 1 heterocycles. The molecule has 4 N–H and O–H groups in total. The van der Waals surface area contributed by atoms with Crippen LogP contribution in [0.3, 0.4) is 0 Å². The second-order valence-electron chi connectivity index (χ2n) is 5.01. The van der Waals surface area contributed by atoms with Crippen LogP contribution in [0.2, 0.25) is 0 Å². The number of carbonyl (C=O) groups excluding carboxylic acids is 1. The number of anilines is 1. The van der Waals surface area contributed by atoms with E-state index >= 15 is 0 Å². The molecule has 0 aliphatic rings. The number of rotatable bonds is 3. The Morgan fingerprint density at radius 2 is 1.88 bits per heavy atom. The van der Waals surface area contributed by atoms with Crippen LogP contribution in [0, 0.1) is 11.3 Å². The zero-order valence-corrected chi connectivity index (χ0v) is 12.3. The number of hydrogen-bond donors (Lipinski definition) is 4. The van der Waals surface area contributed by atoms with Gasteiger partial charge in [-0.25, -0.2) is 0 Å². The summed E-state index contributed by atoms with van der Waals surface area (Å²) < 4.78 is 0. The molecular weight excluding hydrogens is 308 g/mol. The van der Waals surface area contributed by atoms with Gasteiger partial charge in [-0.3, -0.25) is 9.89 Å². The number of carbonyl (C=O) groups is 1. The molecule has 7 heteroatoms. The molecular formula is C17H12N4O3. The van der Waals surface area contributed by atoms with Crippen molar-refractivity contribution in [3.8, 4) is 28.8 Å². The van der Waals surface area contributed by atoms with E-state index in [1.165, 1.54) is 24.3 Å². The quantitative estimate of drug-likeness (QED) is 0.591.